The van der Waals surface area contributed by atoms with Crippen LogP contribution in [0.2, 0.25) is 5.02 Å². The Hall–Kier alpha value is -1.59. The van der Waals surface area contributed by atoms with Gasteiger partial charge in [-0.1, -0.05) is 36.6 Å². The average molecular weight is 404 g/mol. The summed E-state index contributed by atoms with van der Waals surface area (Å²) in [5.41, 5.74) is 0.562. The van der Waals surface area contributed by atoms with Crippen LogP contribution in [0.25, 0.3) is 0 Å². The number of carbonyl (C=O) groups is 2. The maximum absolute atomic E-state index is 13.0. The fourth-order valence-corrected chi connectivity index (χ4v) is 4.85. The van der Waals surface area contributed by atoms with E-state index in [2.05, 4.69) is 10.2 Å². The highest BCUT2D eigenvalue weighted by Gasteiger charge is 2.38. The third-order valence-corrected chi connectivity index (χ3v) is 6.81. The summed E-state index contributed by atoms with van der Waals surface area (Å²) >= 11 is 6.20. The van der Waals surface area contributed by atoms with Gasteiger partial charge in [-0.25, -0.2) is 0 Å². The second kappa shape index (κ2) is 8.83. The molecule has 1 N–H and O–H groups in total. The highest BCUT2D eigenvalue weighted by Crippen LogP contribution is 2.32. The fraction of sp³-hybridized carbons (Fsp3) is 0.636. The summed E-state index contributed by atoms with van der Waals surface area (Å²) in [4.78, 5) is 30.0. The quantitative estimate of drug-likeness (QED) is 0.793. The van der Waals surface area contributed by atoms with Gasteiger partial charge in [0, 0.05) is 32.7 Å². The molecule has 1 aromatic carbocycles. The summed E-state index contributed by atoms with van der Waals surface area (Å²) in [7, 11) is 0. The molecule has 1 atom stereocenters. The Morgan fingerprint density at radius 1 is 1.04 bits per heavy atom. The van der Waals surface area contributed by atoms with E-state index >= 15 is 0 Å². The topological polar surface area (TPSA) is 52.7 Å². The number of rotatable bonds is 6. The van der Waals surface area contributed by atoms with Crippen molar-refractivity contribution in [2.75, 3.05) is 32.7 Å². The molecule has 6 heteroatoms. The molecule has 0 radical (unpaired) electrons. The molecule has 152 valence electrons. The minimum Gasteiger partial charge on any atom is -0.354 e. The SMILES string of the molecule is O=C(NCC1CC1)[C@H](C1CCCC1)N1CCN(C(=O)c2ccccc2Cl)CC1. The number of hydrogen-bond acceptors (Lipinski definition) is 3. The van der Waals surface area contributed by atoms with E-state index in [0.29, 0.717) is 35.5 Å². The Morgan fingerprint density at radius 2 is 1.71 bits per heavy atom. The monoisotopic (exact) mass is 403 g/mol. The van der Waals surface area contributed by atoms with Crippen molar-refractivity contribution in [2.45, 2.75) is 44.6 Å². The Bertz CT molecular complexity index is 707. The molecule has 1 heterocycles. The zero-order chi connectivity index (χ0) is 19.5. The first-order valence-electron chi connectivity index (χ1n) is 10.7. The van der Waals surface area contributed by atoms with E-state index in [1.807, 2.05) is 17.0 Å². The first-order valence-corrected chi connectivity index (χ1v) is 11.1. The molecule has 0 aromatic heterocycles. The van der Waals surface area contributed by atoms with E-state index in [9.17, 15) is 9.59 Å². The maximum Gasteiger partial charge on any atom is 0.255 e. The molecular weight excluding hydrogens is 374 g/mol. The Kier molecular flexibility index (Phi) is 6.22. The lowest BCUT2D eigenvalue weighted by Crippen LogP contribution is -2.58. The molecule has 3 aliphatic rings. The molecular formula is C22H30ClN3O2. The van der Waals surface area contributed by atoms with E-state index in [1.54, 1.807) is 12.1 Å². The van der Waals surface area contributed by atoms with Gasteiger partial charge in [0.15, 0.2) is 0 Å². The standard InChI is InChI=1S/C22H30ClN3O2/c23-19-8-4-3-7-18(19)22(28)26-13-11-25(12-14-26)20(17-5-1-2-6-17)21(27)24-15-16-9-10-16/h3-4,7-8,16-17,20H,1-2,5-6,9-15H2,(H,24,27)/t20-/m0/s1. The van der Waals surface area contributed by atoms with E-state index in [-0.39, 0.29) is 17.9 Å². The number of nitrogens with one attached hydrogen (secondary N) is 1. The van der Waals surface area contributed by atoms with E-state index in [1.165, 1.54) is 25.7 Å². The van der Waals surface area contributed by atoms with Crippen molar-refractivity contribution < 1.29 is 9.59 Å². The highest BCUT2D eigenvalue weighted by molar-refractivity contribution is 6.33. The summed E-state index contributed by atoms with van der Waals surface area (Å²) in [6.07, 6.45) is 7.22. The van der Waals surface area contributed by atoms with Gasteiger partial charge in [-0.3, -0.25) is 14.5 Å². The van der Waals surface area contributed by atoms with Gasteiger partial charge in [-0.15, -0.1) is 0 Å². The van der Waals surface area contributed by atoms with Crippen molar-refractivity contribution in [2.24, 2.45) is 11.8 Å². The minimum absolute atomic E-state index is 0.0131. The summed E-state index contributed by atoms with van der Waals surface area (Å²) in [5.74, 6) is 1.33. The third-order valence-electron chi connectivity index (χ3n) is 6.48. The average Bonchev–Trinajstić information content (AvgIpc) is 3.40. The number of amides is 2. The summed E-state index contributed by atoms with van der Waals surface area (Å²) in [6.45, 7) is 3.60. The van der Waals surface area contributed by atoms with Crippen LogP contribution in [0.4, 0.5) is 0 Å². The maximum atomic E-state index is 13.0. The number of halogens is 1. The van der Waals surface area contributed by atoms with Crippen LogP contribution < -0.4 is 5.32 Å². The number of carbonyl (C=O) groups excluding carboxylic acids is 2. The fourth-order valence-electron chi connectivity index (χ4n) is 4.63. The van der Waals surface area contributed by atoms with Crippen LogP contribution in [0.3, 0.4) is 0 Å². The van der Waals surface area contributed by atoms with E-state index in [0.717, 1.165) is 32.5 Å². The van der Waals surface area contributed by atoms with Gasteiger partial charge >= 0.3 is 0 Å². The van der Waals surface area contributed by atoms with Crippen molar-refractivity contribution >= 4 is 23.4 Å². The molecule has 28 heavy (non-hydrogen) atoms. The summed E-state index contributed by atoms with van der Waals surface area (Å²) in [6, 6.07) is 7.17. The molecule has 2 saturated carbocycles. The number of nitrogens with zero attached hydrogens (tertiary/aromatic N) is 2. The molecule has 0 unspecified atom stereocenters. The molecule has 3 fully saturated rings. The van der Waals surface area contributed by atoms with Crippen LogP contribution in [0.5, 0.6) is 0 Å². The van der Waals surface area contributed by atoms with Gasteiger partial charge in [-0.2, -0.15) is 0 Å². The predicted octanol–water partition coefficient (Wildman–Crippen LogP) is 3.18. The molecule has 2 amide bonds. The number of benzene rings is 1. The van der Waals surface area contributed by atoms with Gasteiger partial charge in [0.05, 0.1) is 16.6 Å². The van der Waals surface area contributed by atoms with Crippen LogP contribution in [0, 0.1) is 11.8 Å². The molecule has 1 aromatic rings. The lowest BCUT2D eigenvalue weighted by Gasteiger charge is -2.40. The third kappa shape index (κ3) is 4.52. The van der Waals surface area contributed by atoms with Crippen LogP contribution in [0.1, 0.15) is 48.9 Å². The molecule has 5 nitrogen and oxygen atoms in total. The van der Waals surface area contributed by atoms with Crippen LogP contribution in [-0.2, 0) is 4.79 Å². The lowest BCUT2D eigenvalue weighted by atomic mass is 9.95. The summed E-state index contributed by atoms with van der Waals surface area (Å²) in [5, 5.41) is 3.71. The largest absolute Gasteiger partial charge is 0.354 e. The predicted molar refractivity (Wildman–Crippen MR) is 110 cm³/mol. The number of hydrogen-bond donors (Lipinski definition) is 1. The normalized spacial score (nSPS) is 22.2. The highest BCUT2D eigenvalue weighted by atomic mass is 35.5. The van der Waals surface area contributed by atoms with Gasteiger partial charge in [-0.05, 0) is 49.7 Å². The van der Waals surface area contributed by atoms with E-state index in [4.69, 9.17) is 11.6 Å². The first-order chi connectivity index (χ1) is 13.6. The van der Waals surface area contributed by atoms with Crippen LogP contribution >= 0.6 is 11.6 Å². The van der Waals surface area contributed by atoms with Gasteiger partial charge in [0.2, 0.25) is 5.91 Å². The zero-order valence-corrected chi connectivity index (χ0v) is 17.2. The van der Waals surface area contributed by atoms with E-state index < -0.39 is 0 Å². The second-order valence-electron chi connectivity index (χ2n) is 8.49. The zero-order valence-electron chi connectivity index (χ0n) is 16.4. The molecule has 1 saturated heterocycles. The van der Waals surface area contributed by atoms with Crippen molar-refractivity contribution in [1.82, 2.24) is 15.1 Å². The Balaban J connectivity index is 1.38. The second-order valence-corrected chi connectivity index (χ2v) is 8.89. The molecule has 2 aliphatic carbocycles. The molecule has 0 bridgehead atoms. The van der Waals surface area contributed by atoms with Gasteiger partial charge in [0.1, 0.15) is 0 Å². The summed E-state index contributed by atoms with van der Waals surface area (Å²) < 4.78 is 0. The van der Waals surface area contributed by atoms with Gasteiger partial charge < -0.3 is 10.2 Å². The molecule has 1 aliphatic heterocycles. The molecule has 0 spiro atoms. The minimum atomic E-state index is -0.0428. The van der Waals surface area contributed by atoms with Crippen molar-refractivity contribution in [1.29, 1.82) is 0 Å². The number of piperazine rings is 1. The lowest BCUT2D eigenvalue weighted by molar-refractivity contribution is -0.129. The Morgan fingerprint density at radius 3 is 2.36 bits per heavy atom. The van der Waals surface area contributed by atoms with Crippen molar-refractivity contribution in [3.8, 4) is 0 Å². The Labute approximate surface area is 172 Å². The van der Waals surface area contributed by atoms with Crippen molar-refractivity contribution in [3.63, 3.8) is 0 Å². The smallest absolute Gasteiger partial charge is 0.255 e. The van der Waals surface area contributed by atoms with Gasteiger partial charge in [0.25, 0.3) is 5.91 Å². The first kappa shape index (κ1) is 19.7. The van der Waals surface area contributed by atoms with Crippen LogP contribution in [-0.4, -0.2) is 60.4 Å². The van der Waals surface area contributed by atoms with Crippen molar-refractivity contribution in [3.05, 3.63) is 34.9 Å². The molecule has 4 rings (SSSR count). The van der Waals surface area contributed by atoms with Crippen LogP contribution in [0.15, 0.2) is 24.3 Å².